The summed E-state index contributed by atoms with van der Waals surface area (Å²) in [6, 6.07) is 12.3. The average Bonchev–Trinajstić information content (AvgIpc) is 2.74. The van der Waals surface area contributed by atoms with Crippen molar-refractivity contribution in [1.29, 1.82) is 0 Å². The van der Waals surface area contributed by atoms with Crippen LogP contribution in [0.1, 0.15) is 33.1 Å². The summed E-state index contributed by atoms with van der Waals surface area (Å²) in [5, 5.41) is 2.82. The number of nitrogens with zero attached hydrogens (tertiary/aromatic N) is 1. The molecule has 1 amide bonds. The summed E-state index contributed by atoms with van der Waals surface area (Å²) in [5.41, 5.74) is 2.13. The maximum Gasteiger partial charge on any atom is 0.261 e. The predicted octanol–water partition coefficient (Wildman–Crippen LogP) is 4.79. The molecule has 162 valence electrons. The standard InChI is InChI=1S/C22H29N3O3S2/c1-16(2)22(26)23-20-15-19(11-12-21(20)29-3)30(27,28)24-17-7-9-18(10-8-17)25-13-5-4-6-14-25/h7-12,15-16,24H,4-6,13-14H2,1-3H3,(H,23,26). The van der Waals surface area contributed by atoms with Crippen LogP contribution in [0.2, 0.25) is 0 Å². The van der Waals surface area contributed by atoms with E-state index in [0.717, 1.165) is 23.7 Å². The summed E-state index contributed by atoms with van der Waals surface area (Å²) in [4.78, 5) is 15.4. The minimum Gasteiger partial charge on any atom is -0.372 e. The van der Waals surface area contributed by atoms with E-state index in [9.17, 15) is 13.2 Å². The lowest BCUT2D eigenvalue weighted by Gasteiger charge is -2.28. The van der Waals surface area contributed by atoms with E-state index < -0.39 is 10.0 Å². The van der Waals surface area contributed by atoms with Crippen molar-refractivity contribution in [3.8, 4) is 0 Å². The van der Waals surface area contributed by atoms with Gasteiger partial charge in [0, 0.05) is 35.3 Å². The van der Waals surface area contributed by atoms with E-state index in [1.54, 1.807) is 38.1 Å². The van der Waals surface area contributed by atoms with Gasteiger partial charge in [0.1, 0.15) is 0 Å². The Hall–Kier alpha value is -2.19. The van der Waals surface area contributed by atoms with E-state index in [1.807, 2.05) is 18.4 Å². The minimum absolute atomic E-state index is 0.111. The molecular formula is C22H29N3O3S2. The first kappa shape index (κ1) is 22.5. The quantitative estimate of drug-likeness (QED) is 0.597. The third-order valence-electron chi connectivity index (χ3n) is 5.10. The van der Waals surface area contributed by atoms with Gasteiger partial charge in [-0.3, -0.25) is 9.52 Å². The van der Waals surface area contributed by atoms with E-state index in [-0.39, 0.29) is 16.7 Å². The highest BCUT2D eigenvalue weighted by Crippen LogP contribution is 2.30. The van der Waals surface area contributed by atoms with Crippen LogP contribution in [-0.2, 0) is 14.8 Å². The molecule has 1 aliphatic heterocycles. The monoisotopic (exact) mass is 447 g/mol. The van der Waals surface area contributed by atoms with Crippen LogP contribution in [0.15, 0.2) is 52.3 Å². The van der Waals surface area contributed by atoms with Gasteiger partial charge in [-0.25, -0.2) is 8.42 Å². The second-order valence-electron chi connectivity index (χ2n) is 7.71. The fourth-order valence-corrected chi connectivity index (χ4v) is 4.95. The van der Waals surface area contributed by atoms with Gasteiger partial charge in [-0.15, -0.1) is 11.8 Å². The molecule has 0 saturated carbocycles. The van der Waals surface area contributed by atoms with Crippen LogP contribution in [0.25, 0.3) is 0 Å². The summed E-state index contributed by atoms with van der Waals surface area (Å²) in [7, 11) is -3.78. The number of sulfonamides is 1. The molecule has 0 radical (unpaired) electrons. The van der Waals surface area contributed by atoms with Crippen molar-refractivity contribution in [2.75, 3.05) is 34.3 Å². The van der Waals surface area contributed by atoms with Crippen molar-refractivity contribution < 1.29 is 13.2 Å². The third kappa shape index (κ3) is 5.49. The van der Waals surface area contributed by atoms with E-state index in [1.165, 1.54) is 37.1 Å². The predicted molar refractivity (Wildman–Crippen MR) is 125 cm³/mol. The fraction of sp³-hybridized carbons (Fsp3) is 0.409. The van der Waals surface area contributed by atoms with Crippen molar-refractivity contribution in [3.05, 3.63) is 42.5 Å². The van der Waals surface area contributed by atoms with E-state index >= 15 is 0 Å². The lowest BCUT2D eigenvalue weighted by atomic mass is 10.1. The largest absolute Gasteiger partial charge is 0.372 e. The Bertz CT molecular complexity index is 983. The summed E-state index contributed by atoms with van der Waals surface area (Å²) in [6.45, 7) is 5.67. The average molecular weight is 448 g/mol. The molecule has 30 heavy (non-hydrogen) atoms. The van der Waals surface area contributed by atoms with Crippen LogP contribution in [0.3, 0.4) is 0 Å². The third-order valence-corrected chi connectivity index (χ3v) is 7.28. The summed E-state index contributed by atoms with van der Waals surface area (Å²) in [5.74, 6) is -0.349. The second kappa shape index (κ2) is 9.75. The molecule has 3 rings (SSSR count). The number of carbonyl (C=O) groups excluding carboxylic acids is 1. The molecule has 0 aliphatic carbocycles. The van der Waals surface area contributed by atoms with Gasteiger partial charge in [-0.1, -0.05) is 13.8 Å². The molecule has 0 bridgehead atoms. The topological polar surface area (TPSA) is 78.5 Å². The molecule has 1 saturated heterocycles. The lowest BCUT2D eigenvalue weighted by molar-refractivity contribution is -0.118. The maximum atomic E-state index is 12.9. The van der Waals surface area contributed by atoms with Gasteiger partial charge in [0.15, 0.2) is 0 Å². The van der Waals surface area contributed by atoms with Crippen LogP contribution in [0.4, 0.5) is 17.1 Å². The first-order valence-corrected chi connectivity index (χ1v) is 12.9. The molecule has 0 aromatic heterocycles. The highest BCUT2D eigenvalue weighted by Gasteiger charge is 2.18. The van der Waals surface area contributed by atoms with Gasteiger partial charge in [-0.05, 0) is 68.0 Å². The SMILES string of the molecule is CSc1ccc(S(=O)(=O)Nc2ccc(N3CCCCC3)cc2)cc1NC(=O)C(C)C. The van der Waals surface area contributed by atoms with Gasteiger partial charge < -0.3 is 10.2 Å². The number of benzene rings is 2. The van der Waals surface area contributed by atoms with Crippen molar-refractivity contribution in [2.24, 2.45) is 5.92 Å². The van der Waals surface area contributed by atoms with E-state index in [4.69, 9.17) is 0 Å². The Morgan fingerprint density at radius 1 is 1.03 bits per heavy atom. The molecule has 8 heteroatoms. The van der Waals surface area contributed by atoms with Gasteiger partial charge in [0.2, 0.25) is 5.91 Å². The molecule has 0 spiro atoms. The van der Waals surface area contributed by atoms with Crippen molar-refractivity contribution >= 4 is 44.8 Å². The molecular weight excluding hydrogens is 418 g/mol. The first-order valence-electron chi connectivity index (χ1n) is 10.2. The van der Waals surface area contributed by atoms with Crippen LogP contribution in [0, 0.1) is 5.92 Å². The number of anilines is 3. The van der Waals surface area contributed by atoms with Gasteiger partial charge in [0.25, 0.3) is 10.0 Å². The number of nitrogens with one attached hydrogen (secondary N) is 2. The van der Waals surface area contributed by atoms with Crippen LogP contribution < -0.4 is 14.9 Å². The smallest absolute Gasteiger partial charge is 0.261 e. The minimum atomic E-state index is -3.78. The van der Waals surface area contributed by atoms with Gasteiger partial charge in [-0.2, -0.15) is 0 Å². The number of thioether (sulfide) groups is 1. The Kier molecular flexibility index (Phi) is 7.31. The van der Waals surface area contributed by atoms with Gasteiger partial charge >= 0.3 is 0 Å². The molecule has 2 aromatic carbocycles. The summed E-state index contributed by atoms with van der Waals surface area (Å²) >= 11 is 1.45. The van der Waals surface area contributed by atoms with Crippen molar-refractivity contribution in [1.82, 2.24) is 0 Å². The zero-order valence-electron chi connectivity index (χ0n) is 17.6. The molecule has 1 heterocycles. The molecule has 0 atom stereocenters. The molecule has 2 N–H and O–H groups in total. The number of rotatable bonds is 7. The highest BCUT2D eigenvalue weighted by molar-refractivity contribution is 7.98. The van der Waals surface area contributed by atoms with Crippen LogP contribution >= 0.6 is 11.8 Å². The number of carbonyl (C=O) groups is 1. The summed E-state index contributed by atoms with van der Waals surface area (Å²) in [6.07, 6.45) is 5.53. The summed E-state index contributed by atoms with van der Waals surface area (Å²) < 4.78 is 28.5. The molecule has 1 aliphatic rings. The first-order chi connectivity index (χ1) is 14.3. The fourth-order valence-electron chi connectivity index (χ4n) is 3.34. The van der Waals surface area contributed by atoms with E-state index in [0.29, 0.717) is 11.4 Å². The van der Waals surface area contributed by atoms with E-state index in [2.05, 4.69) is 14.9 Å². The molecule has 6 nitrogen and oxygen atoms in total. The molecule has 1 fully saturated rings. The number of piperidine rings is 1. The van der Waals surface area contributed by atoms with Crippen LogP contribution in [-0.4, -0.2) is 33.7 Å². The Labute approximate surface area is 183 Å². The number of hydrogen-bond acceptors (Lipinski definition) is 5. The maximum absolute atomic E-state index is 12.9. The number of amides is 1. The Morgan fingerprint density at radius 2 is 1.70 bits per heavy atom. The number of hydrogen-bond donors (Lipinski definition) is 2. The second-order valence-corrected chi connectivity index (χ2v) is 10.2. The van der Waals surface area contributed by atoms with Gasteiger partial charge in [0.05, 0.1) is 10.6 Å². The highest BCUT2D eigenvalue weighted by atomic mass is 32.2. The van der Waals surface area contributed by atoms with Crippen molar-refractivity contribution in [3.63, 3.8) is 0 Å². The molecule has 0 unspecified atom stereocenters. The molecule has 2 aromatic rings. The zero-order valence-corrected chi connectivity index (χ0v) is 19.3. The Morgan fingerprint density at radius 3 is 2.30 bits per heavy atom. The van der Waals surface area contributed by atoms with Crippen LogP contribution in [0.5, 0.6) is 0 Å². The van der Waals surface area contributed by atoms with Crippen molar-refractivity contribution in [2.45, 2.75) is 42.9 Å². The zero-order chi connectivity index (χ0) is 21.7. The normalized spacial score (nSPS) is 14.6. The Balaban J connectivity index is 1.78. The lowest BCUT2D eigenvalue weighted by Crippen LogP contribution is -2.29.